The molecule has 1 atom stereocenters. The van der Waals surface area contributed by atoms with Gasteiger partial charge in [0, 0.05) is 13.7 Å². The number of likely N-dealkylation sites (N-methyl/N-ethyl adjacent to an activating group) is 1. The van der Waals surface area contributed by atoms with Crippen LogP contribution in [0.4, 0.5) is 0 Å². The monoisotopic (exact) mass is 217 g/mol. The summed E-state index contributed by atoms with van der Waals surface area (Å²) >= 11 is 0. The SMILES string of the molecule is CCN(CCOC)C(C(=O)NN)C(C)C. The van der Waals surface area contributed by atoms with Gasteiger partial charge in [-0.3, -0.25) is 15.1 Å². The Hall–Kier alpha value is -0.650. The largest absolute Gasteiger partial charge is 0.383 e. The van der Waals surface area contributed by atoms with Crippen molar-refractivity contribution in [1.29, 1.82) is 0 Å². The zero-order chi connectivity index (χ0) is 11.8. The Labute approximate surface area is 91.9 Å². The molecule has 0 aliphatic heterocycles. The molecule has 0 heterocycles. The Morgan fingerprint density at radius 2 is 2.13 bits per heavy atom. The lowest BCUT2D eigenvalue weighted by Gasteiger charge is -2.31. The number of rotatable bonds is 7. The first-order valence-electron chi connectivity index (χ1n) is 5.31. The lowest BCUT2D eigenvalue weighted by atomic mass is 10.0. The highest BCUT2D eigenvalue weighted by atomic mass is 16.5. The van der Waals surface area contributed by atoms with Crippen LogP contribution in [0, 0.1) is 5.92 Å². The highest BCUT2D eigenvalue weighted by Crippen LogP contribution is 2.10. The third-order valence-corrected chi connectivity index (χ3v) is 2.42. The lowest BCUT2D eigenvalue weighted by molar-refractivity contribution is -0.128. The van der Waals surface area contributed by atoms with E-state index >= 15 is 0 Å². The van der Waals surface area contributed by atoms with E-state index in [1.54, 1.807) is 7.11 Å². The van der Waals surface area contributed by atoms with Gasteiger partial charge in [-0.1, -0.05) is 20.8 Å². The summed E-state index contributed by atoms with van der Waals surface area (Å²) in [6, 6.07) is -0.185. The molecule has 90 valence electrons. The smallest absolute Gasteiger partial charge is 0.251 e. The number of nitrogens with zero attached hydrogens (tertiary/aromatic N) is 1. The van der Waals surface area contributed by atoms with E-state index in [0.29, 0.717) is 6.61 Å². The molecule has 15 heavy (non-hydrogen) atoms. The summed E-state index contributed by atoms with van der Waals surface area (Å²) in [5.74, 6) is 5.27. The van der Waals surface area contributed by atoms with Gasteiger partial charge < -0.3 is 4.74 Å². The second kappa shape index (κ2) is 7.62. The van der Waals surface area contributed by atoms with Crippen LogP contribution in [0.25, 0.3) is 0 Å². The van der Waals surface area contributed by atoms with Gasteiger partial charge in [-0.2, -0.15) is 0 Å². The van der Waals surface area contributed by atoms with Gasteiger partial charge in [-0.15, -0.1) is 0 Å². The summed E-state index contributed by atoms with van der Waals surface area (Å²) in [7, 11) is 1.65. The van der Waals surface area contributed by atoms with Crippen LogP contribution in [-0.2, 0) is 9.53 Å². The van der Waals surface area contributed by atoms with E-state index in [4.69, 9.17) is 10.6 Å². The van der Waals surface area contributed by atoms with Crippen LogP contribution in [0.2, 0.25) is 0 Å². The summed E-state index contributed by atoms with van der Waals surface area (Å²) in [4.78, 5) is 13.7. The van der Waals surface area contributed by atoms with Crippen molar-refractivity contribution in [3.8, 4) is 0 Å². The number of nitrogens with one attached hydrogen (secondary N) is 1. The molecule has 0 aliphatic rings. The average molecular weight is 217 g/mol. The number of hydrazine groups is 1. The van der Waals surface area contributed by atoms with Gasteiger partial charge in [0.25, 0.3) is 5.91 Å². The molecule has 3 N–H and O–H groups in total. The highest BCUT2D eigenvalue weighted by Gasteiger charge is 2.26. The molecule has 1 amide bonds. The first kappa shape index (κ1) is 14.3. The van der Waals surface area contributed by atoms with Crippen LogP contribution in [0.1, 0.15) is 20.8 Å². The maximum Gasteiger partial charge on any atom is 0.251 e. The number of hydrogen-bond acceptors (Lipinski definition) is 4. The van der Waals surface area contributed by atoms with E-state index in [0.717, 1.165) is 13.1 Å². The van der Waals surface area contributed by atoms with Gasteiger partial charge >= 0.3 is 0 Å². The normalized spacial score (nSPS) is 13.3. The number of hydrogen-bond donors (Lipinski definition) is 2. The number of methoxy groups -OCH3 is 1. The van der Waals surface area contributed by atoms with Crippen molar-refractivity contribution in [2.75, 3.05) is 26.8 Å². The van der Waals surface area contributed by atoms with Gasteiger partial charge in [0.05, 0.1) is 12.6 Å². The molecule has 0 saturated heterocycles. The maximum atomic E-state index is 11.6. The molecule has 0 aromatic heterocycles. The summed E-state index contributed by atoms with van der Waals surface area (Å²) in [5.41, 5.74) is 2.22. The van der Waals surface area contributed by atoms with Crippen LogP contribution >= 0.6 is 0 Å². The predicted molar refractivity (Wildman–Crippen MR) is 60.1 cm³/mol. The molecular weight excluding hydrogens is 194 g/mol. The van der Waals surface area contributed by atoms with Crippen LogP contribution < -0.4 is 11.3 Å². The van der Waals surface area contributed by atoms with Crippen LogP contribution in [0.3, 0.4) is 0 Å². The average Bonchev–Trinajstić information content (AvgIpc) is 2.22. The molecule has 1 unspecified atom stereocenters. The third-order valence-electron chi connectivity index (χ3n) is 2.42. The molecule has 0 fully saturated rings. The predicted octanol–water partition coefficient (Wildman–Crippen LogP) is -0.0308. The van der Waals surface area contributed by atoms with E-state index in [2.05, 4.69) is 10.3 Å². The van der Waals surface area contributed by atoms with Gasteiger partial charge in [0.2, 0.25) is 0 Å². The van der Waals surface area contributed by atoms with Gasteiger partial charge in [-0.05, 0) is 12.5 Å². The highest BCUT2D eigenvalue weighted by molar-refractivity contribution is 5.81. The van der Waals surface area contributed by atoms with Crippen molar-refractivity contribution < 1.29 is 9.53 Å². The van der Waals surface area contributed by atoms with E-state index in [1.807, 2.05) is 20.8 Å². The molecule has 0 spiro atoms. The fourth-order valence-corrected chi connectivity index (χ4v) is 1.68. The van der Waals surface area contributed by atoms with Crippen molar-refractivity contribution in [2.45, 2.75) is 26.8 Å². The fourth-order valence-electron chi connectivity index (χ4n) is 1.68. The standard InChI is InChI=1S/C10H23N3O2/c1-5-13(6-7-15-4)9(8(2)3)10(14)12-11/h8-9H,5-7,11H2,1-4H3,(H,12,14). The molecule has 0 radical (unpaired) electrons. The molecule has 0 aromatic carbocycles. The Morgan fingerprint density at radius 3 is 2.47 bits per heavy atom. The van der Waals surface area contributed by atoms with Crippen LogP contribution in [0.15, 0.2) is 0 Å². The number of carbonyl (C=O) groups is 1. The van der Waals surface area contributed by atoms with Crippen molar-refractivity contribution in [3.63, 3.8) is 0 Å². The summed E-state index contributed by atoms with van der Waals surface area (Å²) in [6.45, 7) is 8.21. The third kappa shape index (κ3) is 4.59. The van der Waals surface area contributed by atoms with Gasteiger partial charge in [-0.25, -0.2) is 5.84 Å². The zero-order valence-electron chi connectivity index (χ0n) is 10.1. The summed E-state index contributed by atoms with van der Waals surface area (Å²) < 4.78 is 5.01. The van der Waals surface area contributed by atoms with Crippen molar-refractivity contribution in [1.82, 2.24) is 10.3 Å². The minimum absolute atomic E-state index is 0.136. The van der Waals surface area contributed by atoms with Gasteiger partial charge in [0.15, 0.2) is 0 Å². The lowest BCUT2D eigenvalue weighted by Crippen LogP contribution is -2.52. The van der Waals surface area contributed by atoms with Crippen molar-refractivity contribution in [3.05, 3.63) is 0 Å². The minimum atomic E-state index is -0.185. The number of amides is 1. The van der Waals surface area contributed by atoms with E-state index in [-0.39, 0.29) is 17.9 Å². The molecule has 0 aliphatic carbocycles. The maximum absolute atomic E-state index is 11.6. The molecule has 5 heteroatoms. The quantitative estimate of drug-likeness (QED) is 0.357. The topological polar surface area (TPSA) is 67.6 Å². The second-order valence-electron chi connectivity index (χ2n) is 3.82. The second-order valence-corrected chi connectivity index (χ2v) is 3.82. The molecular formula is C10H23N3O2. The van der Waals surface area contributed by atoms with Crippen molar-refractivity contribution in [2.24, 2.45) is 11.8 Å². The van der Waals surface area contributed by atoms with Crippen LogP contribution in [-0.4, -0.2) is 43.7 Å². The molecule has 0 aromatic rings. The number of nitrogens with two attached hydrogens (primary N) is 1. The molecule has 5 nitrogen and oxygen atoms in total. The number of ether oxygens (including phenoxy) is 1. The zero-order valence-corrected chi connectivity index (χ0v) is 10.1. The Bertz CT molecular complexity index is 186. The van der Waals surface area contributed by atoms with Crippen LogP contribution in [0.5, 0.6) is 0 Å². The Balaban J connectivity index is 4.47. The van der Waals surface area contributed by atoms with E-state index < -0.39 is 0 Å². The Morgan fingerprint density at radius 1 is 1.53 bits per heavy atom. The molecule has 0 bridgehead atoms. The van der Waals surface area contributed by atoms with Gasteiger partial charge in [0.1, 0.15) is 0 Å². The Kier molecular flexibility index (Phi) is 7.29. The summed E-state index contributed by atoms with van der Waals surface area (Å²) in [5, 5.41) is 0. The number of carbonyl (C=O) groups excluding carboxylic acids is 1. The fraction of sp³-hybridized carbons (Fsp3) is 0.900. The first-order valence-corrected chi connectivity index (χ1v) is 5.31. The van der Waals surface area contributed by atoms with Crippen molar-refractivity contribution >= 4 is 5.91 Å². The first-order chi connectivity index (χ1) is 7.08. The van der Waals surface area contributed by atoms with E-state index in [1.165, 1.54) is 0 Å². The minimum Gasteiger partial charge on any atom is -0.383 e. The molecule has 0 rings (SSSR count). The molecule has 0 saturated carbocycles. The summed E-state index contributed by atoms with van der Waals surface area (Å²) in [6.07, 6.45) is 0. The van der Waals surface area contributed by atoms with E-state index in [9.17, 15) is 4.79 Å².